The van der Waals surface area contributed by atoms with Gasteiger partial charge in [-0.3, -0.25) is 9.59 Å². The highest BCUT2D eigenvalue weighted by Crippen LogP contribution is 2.41. The first-order chi connectivity index (χ1) is 23.6. The van der Waals surface area contributed by atoms with E-state index < -0.39 is 23.6 Å². The predicted molar refractivity (Wildman–Crippen MR) is 194 cm³/mol. The van der Waals surface area contributed by atoms with E-state index >= 15 is 0 Å². The van der Waals surface area contributed by atoms with Crippen LogP contribution in [0.3, 0.4) is 0 Å². The van der Waals surface area contributed by atoms with Crippen LogP contribution in [0.25, 0.3) is 21.2 Å². The second kappa shape index (κ2) is 14.9. The summed E-state index contributed by atoms with van der Waals surface area (Å²) < 4.78 is 35.4. The molecule has 0 bridgehead atoms. The maximum absolute atomic E-state index is 14.9. The molecule has 0 radical (unpaired) electrons. The van der Waals surface area contributed by atoms with Gasteiger partial charge in [-0.05, 0) is 78.6 Å². The number of hydrogen-bond donors (Lipinski definition) is 1. The number of nitrogens with zero attached hydrogens (tertiary/aromatic N) is 3. The topological polar surface area (TPSA) is 90.4 Å². The largest absolute Gasteiger partial charge is 0.496 e. The van der Waals surface area contributed by atoms with Gasteiger partial charge in [0.05, 0.1) is 22.2 Å². The Balaban J connectivity index is 1.51. The standard InChI is InChI=1S/C38H42ClF2N3O5S/c1-22(45)42(5)26-10-7-23(8-11-26)24-9-18-31(49-6)25(19-24)20-43(27-12-14-28(15-13-27)44(37(47)48)21-38(2,3)4)36(46)35-33(39)32-29(40)16-17-30(41)34(32)50-35/h7-11,16-19,27-28H,12-15,20-21H2,1-6H3,(H,47,48). The first-order valence-corrected chi connectivity index (χ1v) is 17.7. The maximum atomic E-state index is 14.9. The van der Waals surface area contributed by atoms with Crippen molar-refractivity contribution in [2.75, 3.05) is 25.6 Å². The van der Waals surface area contributed by atoms with Crippen LogP contribution in [0.1, 0.15) is 68.6 Å². The number of halogens is 3. The van der Waals surface area contributed by atoms with Crippen LogP contribution in [-0.4, -0.2) is 65.6 Å². The molecule has 1 aliphatic rings. The number of carbonyl (C=O) groups is 3. The molecule has 5 rings (SSSR count). The molecule has 1 aliphatic carbocycles. The molecule has 0 spiro atoms. The first-order valence-electron chi connectivity index (χ1n) is 16.5. The smallest absolute Gasteiger partial charge is 0.407 e. The van der Waals surface area contributed by atoms with E-state index in [0.29, 0.717) is 43.5 Å². The molecular formula is C38H42ClF2N3O5S. The quantitative estimate of drug-likeness (QED) is 0.186. The minimum absolute atomic E-state index is 0.0280. The average Bonchev–Trinajstić information content (AvgIpc) is 3.44. The molecular weight excluding hydrogens is 684 g/mol. The highest BCUT2D eigenvalue weighted by molar-refractivity contribution is 7.21. The number of hydrogen-bond acceptors (Lipinski definition) is 5. The summed E-state index contributed by atoms with van der Waals surface area (Å²) in [7, 11) is 3.25. The van der Waals surface area contributed by atoms with Gasteiger partial charge in [0.1, 0.15) is 22.3 Å². The predicted octanol–water partition coefficient (Wildman–Crippen LogP) is 9.47. The fourth-order valence-corrected chi connectivity index (χ4v) is 8.11. The minimum Gasteiger partial charge on any atom is -0.496 e. The van der Waals surface area contributed by atoms with Gasteiger partial charge in [0.25, 0.3) is 5.91 Å². The Kier molecular flexibility index (Phi) is 11.1. The van der Waals surface area contributed by atoms with E-state index in [-0.39, 0.29) is 49.9 Å². The van der Waals surface area contributed by atoms with Crippen molar-refractivity contribution in [2.24, 2.45) is 5.41 Å². The van der Waals surface area contributed by atoms with Gasteiger partial charge in [0.15, 0.2) is 0 Å². The number of fused-ring (bicyclic) bond motifs is 1. The molecule has 1 N–H and O–H groups in total. The van der Waals surface area contributed by atoms with E-state index in [1.54, 1.807) is 24.0 Å². The molecule has 0 unspecified atom stereocenters. The maximum Gasteiger partial charge on any atom is 0.407 e. The van der Waals surface area contributed by atoms with Crippen LogP contribution in [0.4, 0.5) is 19.3 Å². The summed E-state index contributed by atoms with van der Waals surface area (Å²) in [6.45, 7) is 7.97. The number of methoxy groups -OCH3 is 1. The molecule has 0 saturated heterocycles. The highest BCUT2D eigenvalue weighted by Gasteiger charge is 2.36. The lowest BCUT2D eigenvalue weighted by molar-refractivity contribution is -0.116. The lowest BCUT2D eigenvalue weighted by atomic mass is 9.87. The number of ether oxygens (including phenoxy) is 1. The van der Waals surface area contributed by atoms with Gasteiger partial charge in [-0.1, -0.05) is 50.6 Å². The van der Waals surface area contributed by atoms with E-state index in [0.717, 1.165) is 40.3 Å². The molecule has 266 valence electrons. The summed E-state index contributed by atoms with van der Waals surface area (Å²) in [5.74, 6) is -1.38. The second-order valence-electron chi connectivity index (χ2n) is 14.0. The third-order valence-corrected chi connectivity index (χ3v) is 10.9. The zero-order valence-corrected chi connectivity index (χ0v) is 30.6. The van der Waals surface area contributed by atoms with Crippen molar-refractivity contribution in [3.63, 3.8) is 0 Å². The van der Waals surface area contributed by atoms with Gasteiger partial charge in [-0.2, -0.15) is 0 Å². The molecule has 0 aliphatic heterocycles. The van der Waals surface area contributed by atoms with Gasteiger partial charge >= 0.3 is 6.09 Å². The fraction of sp³-hybridized carbons (Fsp3) is 0.395. The molecule has 3 amide bonds. The fourth-order valence-electron chi connectivity index (χ4n) is 6.60. The molecule has 0 atom stereocenters. The second-order valence-corrected chi connectivity index (χ2v) is 15.4. The number of carbonyl (C=O) groups excluding carboxylic acids is 2. The van der Waals surface area contributed by atoms with Crippen LogP contribution in [0.15, 0.2) is 54.6 Å². The Hall–Kier alpha value is -4.22. The number of thiophene rings is 1. The molecule has 4 aromatic rings. The lowest BCUT2D eigenvalue weighted by Crippen LogP contribution is -2.49. The van der Waals surface area contributed by atoms with E-state index in [1.165, 1.54) is 11.8 Å². The molecule has 1 saturated carbocycles. The van der Waals surface area contributed by atoms with Crippen LogP contribution in [-0.2, 0) is 11.3 Å². The third kappa shape index (κ3) is 7.89. The van der Waals surface area contributed by atoms with Crippen molar-refractivity contribution in [2.45, 2.75) is 72.0 Å². The van der Waals surface area contributed by atoms with Crippen molar-refractivity contribution in [3.05, 3.63) is 81.7 Å². The van der Waals surface area contributed by atoms with Crippen LogP contribution in [0.5, 0.6) is 5.75 Å². The number of anilines is 1. The summed E-state index contributed by atoms with van der Waals surface area (Å²) in [5, 5.41) is 9.78. The van der Waals surface area contributed by atoms with Crippen molar-refractivity contribution >= 4 is 56.6 Å². The van der Waals surface area contributed by atoms with Crippen LogP contribution < -0.4 is 9.64 Å². The number of rotatable bonds is 9. The number of carboxylic acid groups (broad SMARTS) is 1. The van der Waals surface area contributed by atoms with Crippen molar-refractivity contribution < 1.29 is 33.0 Å². The lowest BCUT2D eigenvalue weighted by Gasteiger charge is -2.41. The van der Waals surface area contributed by atoms with Crippen molar-refractivity contribution in [1.82, 2.24) is 9.80 Å². The van der Waals surface area contributed by atoms with Gasteiger partial charge in [0, 0.05) is 50.4 Å². The molecule has 1 aromatic heterocycles. The summed E-state index contributed by atoms with van der Waals surface area (Å²) in [6.07, 6.45) is 1.14. The zero-order valence-electron chi connectivity index (χ0n) is 29.1. The summed E-state index contributed by atoms with van der Waals surface area (Å²) >= 11 is 7.45. The Morgan fingerprint density at radius 2 is 1.50 bits per heavy atom. The Morgan fingerprint density at radius 3 is 2.04 bits per heavy atom. The monoisotopic (exact) mass is 725 g/mol. The number of benzene rings is 3. The number of amides is 3. The van der Waals surface area contributed by atoms with Gasteiger partial charge in [-0.15, -0.1) is 11.3 Å². The van der Waals surface area contributed by atoms with Gasteiger partial charge < -0.3 is 24.5 Å². The van der Waals surface area contributed by atoms with Crippen LogP contribution in [0, 0.1) is 17.0 Å². The molecule has 8 nitrogen and oxygen atoms in total. The summed E-state index contributed by atoms with van der Waals surface area (Å²) in [5.41, 5.74) is 2.97. The van der Waals surface area contributed by atoms with Gasteiger partial charge in [-0.25, -0.2) is 13.6 Å². The van der Waals surface area contributed by atoms with E-state index in [4.69, 9.17) is 16.3 Å². The van der Waals surface area contributed by atoms with Crippen LogP contribution >= 0.6 is 22.9 Å². The third-order valence-electron chi connectivity index (χ3n) is 9.26. The Morgan fingerprint density at radius 1 is 0.920 bits per heavy atom. The molecule has 1 heterocycles. The minimum atomic E-state index is -0.972. The average molecular weight is 726 g/mol. The Labute approximate surface area is 300 Å². The van der Waals surface area contributed by atoms with E-state index in [9.17, 15) is 28.3 Å². The SMILES string of the molecule is COc1ccc(-c2ccc(N(C)C(C)=O)cc2)cc1CN(C(=O)c1sc2c(F)ccc(F)c2c1Cl)C1CCC(N(CC(C)(C)C)C(=O)O)CC1. The first kappa shape index (κ1) is 37.0. The Bertz CT molecular complexity index is 1900. The van der Waals surface area contributed by atoms with E-state index in [1.807, 2.05) is 63.2 Å². The molecule has 3 aromatic carbocycles. The van der Waals surface area contributed by atoms with Crippen LogP contribution in [0.2, 0.25) is 5.02 Å². The summed E-state index contributed by atoms with van der Waals surface area (Å²) in [6, 6.07) is 14.7. The molecule has 50 heavy (non-hydrogen) atoms. The summed E-state index contributed by atoms with van der Waals surface area (Å²) in [4.78, 5) is 43.4. The van der Waals surface area contributed by atoms with Crippen molar-refractivity contribution in [3.8, 4) is 16.9 Å². The molecule has 1 fully saturated rings. The van der Waals surface area contributed by atoms with Gasteiger partial charge in [0.2, 0.25) is 5.91 Å². The van der Waals surface area contributed by atoms with Crippen molar-refractivity contribution in [1.29, 1.82) is 0 Å². The highest BCUT2D eigenvalue weighted by atomic mass is 35.5. The zero-order chi connectivity index (χ0) is 36.5. The normalized spacial score (nSPS) is 16.3. The van der Waals surface area contributed by atoms with E-state index in [2.05, 4.69) is 0 Å². The molecule has 12 heteroatoms.